The minimum absolute atomic E-state index is 0.145. The first-order valence-corrected chi connectivity index (χ1v) is 11.2. The van der Waals surface area contributed by atoms with Crippen LogP contribution in [0.5, 0.6) is 0 Å². The molecule has 2 aromatic rings. The number of anilines is 1. The lowest BCUT2D eigenvalue weighted by molar-refractivity contribution is 0.0784. The lowest BCUT2D eigenvalue weighted by atomic mass is 10.1. The molecule has 154 valence electrons. The van der Waals surface area contributed by atoms with Crippen molar-refractivity contribution in [3.05, 3.63) is 64.7 Å². The van der Waals surface area contributed by atoms with E-state index in [2.05, 4.69) is 5.32 Å². The minimum Gasteiger partial charge on any atom is -0.355 e. The second kappa shape index (κ2) is 7.87. The van der Waals surface area contributed by atoms with E-state index in [1.807, 2.05) is 19.1 Å². The molecule has 1 aliphatic rings. The van der Waals surface area contributed by atoms with Gasteiger partial charge in [0, 0.05) is 37.8 Å². The highest BCUT2D eigenvalue weighted by Crippen LogP contribution is 2.34. The predicted octanol–water partition coefficient (Wildman–Crippen LogP) is 2.03. The number of nitrogens with one attached hydrogen (secondary N) is 1. The zero-order valence-corrected chi connectivity index (χ0v) is 17.8. The molecule has 0 saturated carbocycles. The van der Waals surface area contributed by atoms with Gasteiger partial charge in [-0.3, -0.25) is 13.9 Å². The van der Waals surface area contributed by atoms with Crippen molar-refractivity contribution in [3.63, 3.8) is 0 Å². The van der Waals surface area contributed by atoms with E-state index in [0.29, 0.717) is 29.8 Å². The number of sulfonamides is 1. The molecule has 1 N–H and O–H groups in total. The van der Waals surface area contributed by atoms with Crippen molar-refractivity contribution in [3.8, 4) is 0 Å². The van der Waals surface area contributed by atoms with Gasteiger partial charge in [0.25, 0.3) is 11.8 Å². The molecule has 0 saturated heterocycles. The first-order valence-electron chi connectivity index (χ1n) is 9.30. The first-order chi connectivity index (χ1) is 13.6. The second-order valence-electron chi connectivity index (χ2n) is 7.39. The number of carbonyl (C=O) groups excluding carboxylic acids is 2. The highest BCUT2D eigenvalue weighted by atomic mass is 32.2. The van der Waals surface area contributed by atoms with Gasteiger partial charge in [0.15, 0.2) is 0 Å². The molecular weight excluding hydrogens is 390 g/mol. The largest absolute Gasteiger partial charge is 0.355 e. The van der Waals surface area contributed by atoms with Crippen molar-refractivity contribution in [1.29, 1.82) is 0 Å². The molecule has 2 amide bonds. The van der Waals surface area contributed by atoms with Crippen molar-refractivity contribution < 1.29 is 18.0 Å². The Balaban J connectivity index is 1.76. The van der Waals surface area contributed by atoms with Crippen LogP contribution in [0.1, 0.15) is 38.8 Å². The lowest BCUT2D eigenvalue weighted by Gasteiger charge is -2.22. The number of amides is 2. The number of hydrogen-bond acceptors (Lipinski definition) is 4. The number of fused-ring (bicyclic) bond motifs is 1. The first kappa shape index (κ1) is 20.9. The summed E-state index contributed by atoms with van der Waals surface area (Å²) in [6, 6.07) is 12.1. The average molecular weight is 416 g/mol. The number of carbonyl (C=O) groups is 2. The quantitative estimate of drug-likeness (QED) is 0.810. The van der Waals surface area contributed by atoms with Gasteiger partial charge in [-0.1, -0.05) is 12.1 Å². The van der Waals surface area contributed by atoms with Crippen LogP contribution < -0.4 is 9.62 Å². The molecular formula is C21H25N3O4S. The molecule has 3 rings (SSSR count). The maximum absolute atomic E-state index is 12.9. The maximum atomic E-state index is 12.9. The molecule has 0 bridgehead atoms. The van der Waals surface area contributed by atoms with E-state index >= 15 is 0 Å². The van der Waals surface area contributed by atoms with Crippen LogP contribution in [-0.4, -0.2) is 51.5 Å². The Morgan fingerprint density at radius 1 is 1.14 bits per heavy atom. The monoisotopic (exact) mass is 415 g/mol. The summed E-state index contributed by atoms with van der Waals surface area (Å²) in [7, 11) is -0.0629. The summed E-state index contributed by atoms with van der Waals surface area (Å²) >= 11 is 0. The SMILES string of the molecule is CNC(=O)c1ccc(CN(C)C(=O)c2ccc3c(c2)C[C@@H](C)N3S(C)(=O)=O)cc1. The predicted molar refractivity (Wildman–Crippen MR) is 113 cm³/mol. The fraction of sp³-hybridized carbons (Fsp3) is 0.333. The third kappa shape index (κ3) is 4.27. The Hall–Kier alpha value is -2.87. The fourth-order valence-corrected chi connectivity index (χ4v) is 4.98. The number of hydrogen-bond donors (Lipinski definition) is 1. The molecule has 0 spiro atoms. The van der Waals surface area contributed by atoms with Gasteiger partial charge in [-0.25, -0.2) is 8.42 Å². The molecule has 0 fully saturated rings. The van der Waals surface area contributed by atoms with Crippen molar-refractivity contribution in [2.24, 2.45) is 0 Å². The highest BCUT2D eigenvalue weighted by Gasteiger charge is 2.33. The van der Waals surface area contributed by atoms with Crippen LogP contribution in [0, 0.1) is 0 Å². The van der Waals surface area contributed by atoms with Gasteiger partial charge in [-0.05, 0) is 54.8 Å². The molecule has 1 heterocycles. The Morgan fingerprint density at radius 3 is 2.34 bits per heavy atom. The summed E-state index contributed by atoms with van der Waals surface area (Å²) in [5.74, 6) is -0.301. The van der Waals surface area contributed by atoms with Crippen molar-refractivity contribution in [1.82, 2.24) is 10.2 Å². The van der Waals surface area contributed by atoms with Crippen LogP contribution >= 0.6 is 0 Å². The Morgan fingerprint density at radius 2 is 1.76 bits per heavy atom. The molecule has 1 atom stereocenters. The Bertz CT molecular complexity index is 1050. The number of rotatable bonds is 5. The van der Waals surface area contributed by atoms with Gasteiger partial charge in [-0.15, -0.1) is 0 Å². The van der Waals surface area contributed by atoms with Gasteiger partial charge in [0.05, 0.1) is 11.9 Å². The standard InChI is InChI=1S/C21H25N3O4S/c1-14-11-18-12-17(9-10-19(18)24(14)29(4,27)28)21(26)23(3)13-15-5-7-16(8-6-15)20(25)22-2/h5-10,12,14H,11,13H2,1-4H3,(H,22,25)/t14-/m1/s1. The number of benzene rings is 2. The zero-order chi connectivity index (χ0) is 21.3. The zero-order valence-electron chi connectivity index (χ0n) is 17.0. The van der Waals surface area contributed by atoms with Crippen molar-refractivity contribution >= 4 is 27.5 Å². The normalized spacial score (nSPS) is 15.7. The van der Waals surface area contributed by atoms with E-state index in [1.165, 1.54) is 10.6 Å². The number of nitrogens with zero attached hydrogens (tertiary/aromatic N) is 2. The van der Waals surface area contributed by atoms with Crippen LogP contribution in [0.3, 0.4) is 0 Å². The third-order valence-electron chi connectivity index (χ3n) is 5.05. The van der Waals surface area contributed by atoms with Crippen molar-refractivity contribution in [2.45, 2.75) is 25.9 Å². The topological polar surface area (TPSA) is 86.8 Å². The lowest BCUT2D eigenvalue weighted by Crippen LogP contribution is -2.34. The molecule has 29 heavy (non-hydrogen) atoms. The summed E-state index contributed by atoms with van der Waals surface area (Å²) in [6.07, 6.45) is 1.77. The van der Waals surface area contributed by atoms with E-state index in [1.54, 1.807) is 49.3 Å². The van der Waals surface area contributed by atoms with Gasteiger partial charge < -0.3 is 10.2 Å². The van der Waals surface area contributed by atoms with E-state index < -0.39 is 10.0 Å². The summed E-state index contributed by atoms with van der Waals surface area (Å²) in [4.78, 5) is 26.1. The summed E-state index contributed by atoms with van der Waals surface area (Å²) in [5.41, 5.74) is 3.50. The van der Waals surface area contributed by atoms with Crippen LogP contribution in [0.2, 0.25) is 0 Å². The van der Waals surface area contributed by atoms with E-state index in [0.717, 1.165) is 11.1 Å². The highest BCUT2D eigenvalue weighted by molar-refractivity contribution is 7.92. The molecule has 0 radical (unpaired) electrons. The van der Waals surface area contributed by atoms with Crippen molar-refractivity contribution in [2.75, 3.05) is 24.7 Å². The molecule has 8 heteroatoms. The summed E-state index contributed by atoms with van der Waals surface area (Å²) in [6.45, 7) is 2.26. The molecule has 7 nitrogen and oxygen atoms in total. The molecule has 0 aliphatic carbocycles. The second-order valence-corrected chi connectivity index (χ2v) is 9.25. The fourth-order valence-electron chi connectivity index (χ4n) is 3.71. The summed E-state index contributed by atoms with van der Waals surface area (Å²) in [5, 5.41) is 2.57. The van der Waals surface area contributed by atoms with Crippen LogP contribution in [-0.2, 0) is 23.0 Å². The van der Waals surface area contributed by atoms with Gasteiger partial charge in [0.2, 0.25) is 10.0 Å². The van der Waals surface area contributed by atoms with Gasteiger partial charge in [-0.2, -0.15) is 0 Å². The van der Waals surface area contributed by atoms with Gasteiger partial charge in [0.1, 0.15) is 0 Å². The van der Waals surface area contributed by atoms with Crippen LogP contribution in [0.25, 0.3) is 0 Å². The maximum Gasteiger partial charge on any atom is 0.253 e. The summed E-state index contributed by atoms with van der Waals surface area (Å²) < 4.78 is 25.5. The molecule has 1 aliphatic heterocycles. The van der Waals surface area contributed by atoms with E-state index in [-0.39, 0.29) is 17.9 Å². The third-order valence-corrected chi connectivity index (χ3v) is 6.32. The molecule has 2 aromatic carbocycles. The average Bonchev–Trinajstić information content (AvgIpc) is 3.02. The molecule has 0 unspecified atom stereocenters. The molecule has 0 aromatic heterocycles. The van der Waals surface area contributed by atoms with Gasteiger partial charge >= 0.3 is 0 Å². The minimum atomic E-state index is -3.36. The Labute approximate surface area is 171 Å². The smallest absolute Gasteiger partial charge is 0.253 e. The van der Waals surface area contributed by atoms with E-state index in [4.69, 9.17) is 0 Å². The van der Waals surface area contributed by atoms with E-state index in [9.17, 15) is 18.0 Å². The Kier molecular flexibility index (Phi) is 5.66. The van der Waals surface area contributed by atoms with Crippen LogP contribution in [0.4, 0.5) is 5.69 Å². The van der Waals surface area contributed by atoms with Crippen LogP contribution in [0.15, 0.2) is 42.5 Å².